The average molecular weight is 290 g/mol. The van der Waals surface area contributed by atoms with Crippen LogP contribution in [0.25, 0.3) is 5.65 Å². The molecular formula is C13H18N6O2. The molecule has 0 saturated carbocycles. The lowest BCUT2D eigenvalue weighted by Gasteiger charge is -2.26. The topological polar surface area (TPSA) is 95.4 Å². The summed E-state index contributed by atoms with van der Waals surface area (Å²) < 4.78 is 1.19. The van der Waals surface area contributed by atoms with Crippen molar-refractivity contribution in [2.45, 2.75) is 25.7 Å². The summed E-state index contributed by atoms with van der Waals surface area (Å²) in [6.45, 7) is 2.24. The third kappa shape index (κ3) is 3.04. The number of likely N-dealkylation sites (tertiary alicyclic amines) is 1. The van der Waals surface area contributed by atoms with Crippen LogP contribution >= 0.6 is 0 Å². The van der Waals surface area contributed by atoms with E-state index in [0.29, 0.717) is 24.4 Å². The molecular weight excluding hydrogens is 272 g/mol. The molecule has 8 heteroatoms. The van der Waals surface area contributed by atoms with Crippen molar-refractivity contribution in [3.8, 4) is 0 Å². The number of aromatic amines is 1. The highest BCUT2D eigenvalue weighted by molar-refractivity contribution is 5.76. The van der Waals surface area contributed by atoms with Crippen LogP contribution in [0, 0.1) is 0 Å². The average Bonchev–Trinajstić information content (AvgIpc) is 2.89. The van der Waals surface area contributed by atoms with E-state index in [4.69, 9.17) is 0 Å². The second kappa shape index (κ2) is 5.94. The lowest BCUT2D eigenvalue weighted by Crippen LogP contribution is -2.36. The van der Waals surface area contributed by atoms with Gasteiger partial charge in [0.2, 0.25) is 5.91 Å². The molecule has 0 bridgehead atoms. The SMILES string of the molecule is O=C(CCNc1ccc2n[nH]c(=O)n2n1)N1CCCCC1. The Morgan fingerprint density at radius 2 is 2.10 bits per heavy atom. The van der Waals surface area contributed by atoms with Crippen molar-refractivity contribution in [2.24, 2.45) is 0 Å². The van der Waals surface area contributed by atoms with Crippen molar-refractivity contribution < 1.29 is 4.79 Å². The zero-order valence-electron chi connectivity index (χ0n) is 11.7. The molecule has 0 radical (unpaired) electrons. The highest BCUT2D eigenvalue weighted by Gasteiger charge is 2.15. The number of nitrogens with zero attached hydrogens (tertiary/aromatic N) is 4. The number of carbonyl (C=O) groups is 1. The van der Waals surface area contributed by atoms with E-state index in [0.717, 1.165) is 25.9 Å². The summed E-state index contributed by atoms with van der Waals surface area (Å²) >= 11 is 0. The van der Waals surface area contributed by atoms with Gasteiger partial charge in [0.1, 0.15) is 5.82 Å². The van der Waals surface area contributed by atoms with E-state index in [1.54, 1.807) is 12.1 Å². The normalized spacial score (nSPS) is 15.3. The van der Waals surface area contributed by atoms with Crippen LogP contribution in [0.3, 0.4) is 0 Å². The fraction of sp³-hybridized carbons (Fsp3) is 0.538. The van der Waals surface area contributed by atoms with Gasteiger partial charge in [-0.3, -0.25) is 4.79 Å². The maximum atomic E-state index is 12.0. The van der Waals surface area contributed by atoms with Gasteiger partial charge in [0.25, 0.3) is 0 Å². The third-order valence-electron chi connectivity index (χ3n) is 3.63. The summed E-state index contributed by atoms with van der Waals surface area (Å²) in [6, 6.07) is 3.43. The number of amides is 1. The van der Waals surface area contributed by atoms with Crippen LogP contribution in [-0.4, -0.2) is 50.3 Å². The second-order valence-electron chi connectivity index (χ2n) is 5.14. The number of anilines is 1. The molecule has 0 unspecified atom stereocenters. The number of aromatic nitrogens is 4. The van der Waals surface area contributed by atoms with Gasteiger partial charge in [0, 0.05) is 26.1 Å². The molecule has 1 aliphatic heterocycles. The molecule has 3 rings (SSSR count). The Morgan fingerprint density at radius 3 is 2.90 bits per heavy atom. The Labute approximate surface area is 121 Å². The zero-order valence-corrected chi connectivity index (χ0v) is 11.7. The van der Waals surface area contributed by atoms with Gasteiger partial charge in [-0.2, -0.15) is 9.61 Å². The quantitative estimate of drug-likeness (QED) is 0.840. The third-order valence-corrected chi connectivity index (χ3v) is 3.63. The van der Waals surface area contributed by atoms with E-state index in [9.17, 15) is 9.59 Å². The Bertz CT molecular complexity index is 685. The summed E-state index contributed by atoms with van der Waals surface area (Å²) in [4.78, 5) is 25.3. The lowest BCUT2D eigenvalue weighted by atomic mass is 10.1. The van der Waals surface area contributed by atoms with Crippen molar-refractivity contribution in [1.29, 1.82) is 0 Å². The van der Waals surface area contributed by atoms with Crippen LogP contribution in [0.1, 0.15) is 25.7 Å². The Morgan fingerprint density at radius 1 is 1.29 bits per heavy atom. The molecule has 2 aromatic rings. The number of nitrogens with one attached hydrogen (secondary N) is 2. The summed E-state index contributed by atoms with van der Waals surface area (Å²) in [5.41, 5.74) is 0.0907. The minimum absolute atomic E-state index is 0.170. The van der Waals surface area contributed by atoms with Crippen molar-refractivity contribution in [3.05, 3.63) is 22.6 Å². The molecule has 0 aliphatic carbocycles. The molecule has 0 atom stereocenters. The van der Waals surface area contributed by atoms with E-state index < -0.39 is 0 Å². The van der Waals surface area contributed by atoms with Crippen molar-refractivity contribution in [2.75, 3.05) is 25.0 Å². The van der Waals surface area contributed by atoms with Crippen molar-refractivity contribution >= 4 is 17.4 Å². The van der Waals surface area contributed by atoms with Crippen LogP contribution in [0.15, 0.2) is 16.9 Å². The highest BCUT2D eigenvalue weighted by atomic mass is 16.2. The molecule has 21 heavy (non-hydrogen) atoms. The zero-order chi connectivity index (χ0) is 14.7. The van der Waals surface area contributed by atoms with E-state index in [1.165, 1.54) is 10.9 Å². The fourth-order valence-corrected chi connectivity index (χ4v) is 2.50. The van der Waals surface area contributed by atoms with Crippen LogP contribution < -0.4 is 11.0 Å². The van der Waals surface area contributed by atoms with Gasteiger partial charge in [-0.25, -0.2) is 9.89 Å². The molecule has 3 heterocycles. The summed E-state index contributed by atoms with van der Waals surface area (Å²) in [7, 11) is 0. The first-order valence-electron chi connectivity index (χ1n) is 7.20. The second-order valence-corrected chi connectivity index (χ2v) is 5.14. The predicted octanol–water partition coefficient (Wildman–Crippen LogP) is 0.232. The number of hydrogen-bond donors (Lipinski definition) is 2. The largest absolute Gasteiger partial charge is 0.368 e. The van der Waals surface area contributed by atoms with Gasteiger partial charge >= 0.3 is 5.69 Å². The molecule has 1 saturated heterocycles. The first-order chi connectivity index (χ1) is 10.2. The molecule has 112 valence electrons. The van der Waals surface area contributed by atoms with E-state index in [1.807, 2.05) is 4.90 Å². The van der Waals surface area contributed by atoms with Crippen LogP contribution in [-0.2, 0) is 4.79 Å². The Balaban J connectivity index is 1.55. The molecule has 1 fully saturated rings. The molecule has 8 nitrogen and oxygen atoms in total. The van der Waals surface area contributed by atoms with Gasteiger partial charge in [-0.1, -0.05) is 0 Å². The van der Waals surface area contributed by atoms with Crippen molar-refractivity contribution in [3.63, 3.8) is 0 Å². The molecule has 1 amide bonds. The monoisotopic (exact) mass is 290 g/mol. The molecule has 0 spiro atoms. The van der Waals surface area contributed by atoms with Crippen molar-refractivity contribution in [1.82, 2.24) is 24.7 Å². The first kappa shape index (κ1) is 13.6. The minimum atomic E-state index is -0.377. The van der Waals surface area contributed by atoms with Gasteiger partial charge in [0.05, 0.1) is 0 Å². The van der Waals surface area contributed by atoms with Crippen LogP contribution in [0.5, 0.6) is 0 Å². The van der Waals surface area contributed by atoms with E-state index in [-0.39, 0.29) is 11.6 Å². The highest BCUT2D eigenvalue weighted by Crippen LogP contribution is 2.10. The number of hydrogen-bond acceptors (Lipinski definition) is 5. The van der Waals surface area contributed by atoms with Crippen LogP contribution in [0.2, 0.25) is 0 Å². The molecule has 1 aliphatic rings. The maximum Gasteiger partial charge on any atom is 0.364 e. The van der Waals surface area contributed by atoms with Gasteiger partial charge in [0.15, 0.2) is 5.65 Å². The maximum absolute atomic E-state index is 12.0. The van der Waals surface area contributed by atoms with Gasteiger partial charge in [-0.15, -0.1) is 5.10 Å². The molecule has 2 N–H and O–H groups in total. The minimum Gasteiger partial charge on any atom is -0.368 e. The summed E-state index contributed by atoms with van der Waals surface area (Å²) in [5.74, 6) is 0.723. The number of rotatable bonds is 4. The van der Waals surface area contributed by atoms with Gasteiger partial charge in [-0.05, 0) is 31.4 Å². The summed E-state index contributed by atoms with van der Waals surface area (Å²) in [5, 5.41) is 13.3. The smallest absolute Gasteiger partial charge is 0.364 e. The van der Waals surface area contributed by atoms with E-state index >= 15 is 0 Å². The first-order valence-corrected chi connectivity index (χ1v) is 7.20. The lowest BCUT2D eigenvalue weighted by molar-refractivity contribution is -0.131. The Hall–Kier alpha value is -2.38. The number of H-pyrrole nitrogens is 1. The number of fused-ring (bicyclic) bond motifs is 1. The molecule has 0 aromatic carbocycles. The Kier molecular flexibility index (Phi) is 3.85. The van der Waals surface area contributed by atoms with E-state index in [2.05, 4.69) is 20.6 Å². The van der Waals surface area contributed by atoms with Crippen LogP contribution in [0.4, 0.5) is 5.82 Å². The standard InChI is InChI=1S/C13H18N6O2/c20-12(18-8-2-1-3-9-18)6-7-14-10-4-5-11-15-16-13(21)19(11)17-10/h4-5H,1-3,6-9H2,(H,14,17)(H,16,21). The van der Waals surface area contributed by atoms with Gasteiger partial charge < -0.3 is 10.2 Å². The number of piperidine rings is 1. The fourth-order valence-electron chi connectivity index (χ4n) is 2.50. The number of carbonyl (C=O) groups excluding carboxylic acids is 1. The predicted molar refractivity (Wildman–Crippen MR) is 77.1 cm³/mol. The summed E-state index contributed by atoms with van der Waals surface area (Å²) in [6.07, 6.45) is 3.84. The molecule has 2 aromatic heterocycles.